The zero-order valence-electron chi connectivity index (χ0n) is 13.4. The smallest absolute Gasteiger partial charge is 0.191 e. The maximum Gasteiger partial charge on any atom is 0.191 e. The van der Waals surface area contributed by atoms with Gasteiger partial charge in [0.15, 0.2) is 11.0 Å². The van der Waals surface area contributed by atoms with E-state index in [0.29, 0.717) is 6.54 Å². The average Bonchev–Trinajstić information content (AvgIpc) is 2.93. The molecule has 3 aromatic rings. The van der Waals surface area contributed by atoms with Gasteiger partial charge in [0.2, 0.25) is 0 Å². The molecule has 0 saturated heterocycles. The van der Waals surface area contributed by atoms with Crippen molar-refractivity contribution in [1.29, 1.82) is 0 Å². The first-order valence-electron chi connectivity index (χ1n) is 7.58. The lowest BCUT2D eigenvalue weighted by Crippen LogP contribution is -2.06. The molecule has 4 nitrogen and oxygen atoms in total. The van der Waals surface area contributed by atoms with Crippen molar-refractivity contribution in [3.63, 3.8) is 0 Å². The SMILES string of the molecule is Cc1ccc(NCc2nnc(SCc3ccccc3)n2C)cc1. The molecule has 1 aromatic heterocycles. The molecule has 0 fully saturated rings. The molecule has 3 rings (SSSR count). The van der Waals surface area contributed by atoms with Gasteiger partial charge in [-0.25, -0.2) is 0 Å². The van der Waals surface area contributed by atoms with Gasteiger partial charge >= 0.3 is 0 Å². The van der Waals surface area contributed by atoms with Crippen LogP contribution in [0.25, 0.3) is 0 Å². The van der Waals surface area contributed by atoms with E-state index in [1.54, 1.807) is 11.8 Å². The molecular formula is C18H20N4S. The minimum atomic E-state index is 0.665. The molecule has 0 aliphatic rings. The van der Waals surface area contributed by atoms with Gasteiger partial charge in [0.05, 0.1) is 6.54 Å². The van der Waals surface area contributed by atoms with Crippen molar-refractivity contribution >= 4 is 17.4 Å². The van der Waals surface area contributed by atoms with Gasteiger partial charge in [-0.15, -0.1) is 10.2 Å². The summed E-state index contributed by atoms with van der Waals surface area (Å²) >= 11 is 1.71. The van der Waals surface area contributed by atoms with Crippen LogP contribution in [-0.2, 0) is 19.3 Å². The Kier molecular flexibility index (Phi) is 4.98. The monoisotopic (exact) mass is 324 g/mol. The number of thioether (sulfide) groups is 1. The molecule has 0 aliphatic carbocycles. The summed E-state index contributed by atoms with van der Waals surface area (Å²) in [6.07, 6.45) is 0. The Balaban J connectivity index is 1.59. The van der Waals surface area contributed by atoms with E-state index in [4.69, 9.17) is 0 Å². The fraction of sp³-hybridized carbons (Fsp3) is 0.222. The summed E-state index contributed by atoms with van der Waals surface area (Å²) in [5, 5.41) is 12.9. The standard InChI is InChI=1S/C18H20N4S/c1-14-8-10-16(11-9-14)19-12-17-20-21-18(22(17)2)23-13-15-6-4-3-5-7-15/h3-11,19H,12-13H2,1-2H3. The molecule has 118 valence electrons. The van der Waals surface area contributed by atoms with Gasteiger partial charge in [-0.3, -0.25) is 0 Å². The number of hydrogen-bond donors (Lipinski definition) is 1. The molecule has 0 unspecified atom stereocenters. The second kappa shape index (κ2) is 7.33. The van der Waals surface area contributed by atoms with Crippen LogP contribution >= 0.6 is 11.8 Å². The van der Waals surface area contributed by atoms with Crippen molar-refractivity contribution in [2.75, 3.05) is 5.32 Å². The highest BCUT2D eigenvalue weighted by molar-refractivity contribution is 7.98. The maximum absolute atomic E-state index is 4.29. The Morgan fingerprint density at radius 2 is 1.74 bits per heavy atom. The van der Waals surface area contributed by atoms with Crippen molar-refractivity contribution in [2.24, 2.45) is 7.05 Å². The summed E-state index contributed by atoms with van der Waals surface area (Å²) in [5.41, 5.74) is 3.64. The van der Waals surface area contributed by atoms with E-state index in [1.807, 2.05) is 13.1 Å². The van der Waals surface area contributed by atoms with Crippen LogP contribution in [0.5, 0.6) is 0 Å². The normalized spacial score (nSPS) is 10.7. The van der Waals surface area contributed by atoms with E-state index >= 15 is 0 Å². The summed E-state index contributed by atoms with van der Waals surface area (Å²) in [7, 11) is 2.01. The predicted molar refractivity (Wildman–Crippen MR) is 95.5 cm³/mol. The van der Waals surface area contributed by atoms with E-state index in [1.165, 1.54) is 11.1 Å². The third-order valence-corrected chi connectivity index (χ3v) is 4.73. The lowest BCUT2D eigenvalue weighted by atomic mass is 10.2. The molecule has 1 heterocycles. The summed E-state index contributed by atoms with van der Waals surface area (Å²) in [5.74, 6) is 1.83. The van der Waals surface area contributed by atoms with Gasteiger partial charge in [-0.1, -0.05) is 59.8 Å². The van der Waals surface area contributed by atoms with Crippen LogP contribution in [0.4, 0.5) is 5.69 Å². The Morgan fingerprint density at radius 3 is 2.48 bits per heavy atom. The Hall–Kier alpha value is -2.27. The lowest BCUT2D eigenvalue weighted by molar-refractivity contribution is 0.744. The first-order chi connectivity index (χ1) is 11.2. The van der Waals surface area contributed by atoms with E-state index in [9.17, 15) is 0 Å². The van der Waals surface area contributed by atoms with E-state index in [2.05, 4.69) is 75.5 Å². The first-order valence-corrected chi connectivity index (χ1v) is 8.56. The topological polar surface area (TPSA) is 42.7 Å². The number of nitrogens with one attached hydrogen (secondary N) is 1. The number of hydrogen-bond acceptors (Lipinski definition) is 4. The number of aryl methyl sites for hydroxylation is 1. The highest BCUT2D eigenvalue weighted by Crippen LogP contribution is 2.21. The zero-order chi connectivity index (χ0) is 16.1. The first kappa shape index (κ1) is 15.6. The van der Waals surface area contributed by atoms with Crippen molar-refractivity contribution in [2.45, 2.75) is 24.4 Å². The van der Waals surface area contributed by atoms with Crippen LogP contribution in [0.15, 0.2) is 59.8 Å². The van der Waals surface area contributed by atoms with E-state index in [-0.39, 0.29) is 0 Å². The molecule has 0 atom stereocenters. The number of benzene rings is 2. The maximum atomic E-state index is 4.29. The second-order valence-corrected chi connectivity index (χ2v) is 6.39. The number of nitrogens with zero attached hydrogens (tertiary/aromatic N) is 3. The van der Waals surface area contributed by atoms with Gasteiger partial charge in [0, 0.05) is 18.5 Å². The molecule has 0 radical (unpaired) electrons. The van der Waals surface area contributed by atoms with Crippen LogP contribution < -0.4 is 5.32 Å². The van der Waals surface area contributed by atoms with Crippen molar-refractivity contribution < 1.29 is 0 Å². The van der Waals surface area contributed by atoms with E-state index < -0.39 is 0 Å². The van der Waals surface area contributed by atoms with Crippen LogP contribution in [-0.4, -0.2) is 14.8 Å². The van der Waals surface area contributed by atoms with Gasteiger partial charge < -0.3 is 9.88 Å². The lowest BCUT2D eigenvalue weighted by Gasteiger charge is -2.07. The molecule has 23 heavy (non-hydrogen) atoms. The summed E-state index contributed by atoms with van der Waals surface area (Å²) < 4.78 is 2.05. The largest absolute Gasteiger partial charge is 0.378 e. The summed E-state index contributed by atoms with van der Waals surface area (Å²) in [6.45, 7) is 2.75. The fourth-order valence-electron chi connectivity index (χ4n) is 2.20. The van der Waals surface area contributed by atoms with Gasteiger partial charge in [-0.2, -0.15) is 0 Å². The third-order valence-electron chi connectivity index (χ3n) is 3.64. The van der Waals surface area contributed by atoms with Crippen LogP contribution in [0.3, 0.4) is 0 Å². The number of aromatic nitrogens is 3. The molecule has 1 N–H and O–H groups in total. The molecule has 0 spiro atoms. The number of anilines is 1. The highest BCUT2D eigenvalue weighted by atomic mass is 32.2. The molecule has 0 aliphatic heterocycles. The molecule has 5 heteroatoms. The summed E-state index contributed by atoms with van der Waals surface area (Å²) in [6, 6.07) is 18.8. The van der Waals surface area contributed by atoms with Crippen LogP contribution in [0.1, 0.15) is 17.0 Å². The molecule has 0 amide bonds. The summed E-state index contributed by atoms with van der Waals surface area (Å²) in [4.78, 5) is 0. The highest BCUT2D eigenvalue weighted by Gasteiger charge is 2.09. The van der Waals surface area contributed by atoms with Crippen LogP contribution in [0.2, 0.25) is 0 Å². The van der Waals surface area contributed by atoms with Crippen molar-refractivity contribution in [3.05, 3.63) is 71.5 Å². The van der Waals surface area contributed by atoms with Crippen molar-refractivity contribution in [3.8, 4) is 0 Å². The quantitative estimate of drug-likeness (QED) is 0.695. The Labute approximate surface area is 141 Å². The average molecular weight is 324 g/mol. The zero-order valence-corrected chi connectivity index (χ0v) is 14.2. The minimum absolute atomic E-state index is 0.665. The predicted octanol–water partition coefficient (Wildman–Crippen LogP) is 4.03. The Morgan fingerprint density at radius 1 is 1.00 bits per heavy atom. The Bertz CT molecular complexity index is 750. The molecule has 2 aromatic carbocycles. The minimum Gasteiger partial charge on any atom is -0.378 e. The van der Waals surface area contributed by atoms with Crippen LogP contribution in [0, 0.1) is 6.92 Å². The molecule has 0 bridgehead atoms. The number of rotatable bonds is 6. The fourth-order valence-corrected chi connectivity index (χ4v) is 3.09. The van der Waals surface area contributed by atoms with Gasteiger partial charge in [-0.05, 0) is 24.6 Å². The third kappa shape index (κ3) is 4.13. The second-order valence-electron chi connectivity index (χ2n) is 5.45. The van der Waals surface area contributed by atoms with Gasteiger partial charge in [0.1, 0.15) is 0 Å². The van der Waals surface area contributed by atoms with Gasteiger partial charge in [0.25, 0.3) is 0 Å². The van der Waals surface area contributed by atoms with E-state index in [0.717, 1.165) is 22.4 Å². The van der Waals surface area contributed by atoms with Crippen molar-refractivity contribution in [1.82, 2.24) is 14.8 Å². The molecular weight excluding hydrogens is 304 g/mol. The molecule has 0 saturated carbocycles.